The first-order chi connectivity index (χ1) is 33.4. The molecule has 1 amide bonds. The first kappa shape index (κ1) is 51.8. The number of nitro groups is 1. The molecule has 4 aliphatic rings. The van der Waals surface area contributed by atoms with Gasteiger partial charge in [-0.25, -0.2) is 23.9 Å². The van der Waals surface area contributed by atoms with E-state index in [0.717, 1.165) is 20.0 Å². The van der Waals surface area contributed by atoms with Crippen molar-refractivity contribution in [2.75, 3.05) is 13.2 Å². The number of nitrogens with zero attached hydrogens (tertiary/aromatic N) is 3. The third kappa shape index (κ3) is 9.26. The van der Waals surface area contributed by atoms with Crippen LogP contribution in [-0.4, -0.2) is 127 Å². The molecule has 2 aromatic carbocycles. The number of esters is 4. The highest BCUT2D eigenvalue weighted by atomic mass is 16.7. The molecule has 3 aliphatic carbocycles. The molecule has 3 aromatic rings. The van der Waals surface area contributed by atoms with Gasteiger partial charge >= 0.3 is 35.9 Å². The van der Waals surface area contributed by atoms with Gasteiger partial charge < -0.3 is 58.8 Å². The molecule has 7 rings (SSSR count). The lowest BCUT2D eigenvalue weighted by molar-refractivity contribution is -0.392. The van der Waals surface area contributed by atoms with Gasteiger partial charge in [0.1, 0.15) is 49.4 Å². The molecule has 3 N–H and O–H groups in total. The summed E-state index contributed by atoms with van der Waals surface area (Å²) in [7, 11) is 0. The van der Waals surface area contributed by atoms with Gasteiger partial charge in [0.2, 0.25) is 5.91 Å². The van der Waals surface area contributed by atoms with Gasteiger partial charge in [-0.15, -0.1) is 0 Å². The minimum atomic E-state index is -2.53. The third-order valence-corrected chi connectivity index (χ3v) is 14.5. The van der Waals surface area contributed by atoms with Crippen LogP contribution in [0.2, 0.25) is 0 Å². The Balaban J connectivity index is 1.40. The van der Waals surface area contributed by atoms with Gasteiger partial charge in [0.25, 0.3) is 0 Å². The fourth-order valence-corrected chi connectivity index (χ4v) is 11.0. The molecule has 1 aromatic heterocycles. The first-order valence-corrected chi connectivity index (χ1v) is 22.8. The fraction of sp³-hybridized carbons (Fsp3) is 0.510. The van der Waals surface area contributed by atoms with Crippen molar-refractivity contribution in [3.8, 4) is 0 Å². The zero-order valence-electron chi connectivity index (χ0n) is 40.3. The topological polar surface area (TPSA) is 298 Å². The number of ketones is 1. The molecule has 2 saturated carbocycles. The Bertz CT molecular complexity index is 2650. The Labute approximate surface area is 407 Å². The maximum absolute atomic E-state index is 16.1. The molecule has 3 unspecified atom stereocenters. The second-order valence-corrected chi connectivity index (χ2v) is 19.0. The summed E-state index contributed by atoms with van der Waals surface area (Å²) in [6.07, 6.45) is -11.8. The second kappa shape index (κ2) is 19.6. The lowest BCUT2D eigenvalue weighted by Crippen LogP contribution is -2.82. The Morgan fingerprint density at radius 3 is 2.17 bits per heavy atom. The molecule has 22 nitrogen and oxygen atoms in total. The Morgan fingerprint density at radius 2 is 1.59 bits per heavy atom. The average molecular weight is 989 g/mol. The summed E-state index contributed by atoms with van der Waals surface area (Å²) in [5, 5.41) is 39.7. The number of nitrogens with one attached hydrogen (secondary N) is 1. The van der Waals surface area contributed by atoms with Gasteiger partial charge in [0.15, 0.2) is 29.4 Å². The molecule has 11 atom stereocenters. The van der Waals surface area contributed by atoms with E-state index in [-0.39, 0.29) is 41.3 Å². The van der Waals surface area contributed by atoms with Crippen molar-refractivity contribution in [1.29, 1.82) is 0 Å². The van der Waals surface area contributed by atoms with Crippen LogP contribution in [0.1, 0.15) is 89.1 Å². The predicted octanol–water partition coefficient (Wildman–Crippen LogP) is 3.72. The maximum Gasteiger partial charge on any atom is 0.508 e. The van der Waals surface area contributed by atoms with Crippen molar-refractivity contribution in [1.82, 2.24) is 14.9 Å². The number of benzene rings is 2. The normalized spacial score (nSPS) is 29.2. The molecular formula is C49H56N4O18. The Hall–Kier alpha value is -7.04. The number of imidazole rings is 1. The number of Topliss-reactive ketones (excluding diaryl/α,β-unsaturated/α-hetero) is 1. The van der Waals surface area contributed by atoms with Crippen LogP contribution in [-0.2, 0) is 63.7 Å². The van der Waals surface area contributed by atoms with Crippen molar-refractivity contribution in [2.45, 2.75) is 129 Å². The van der Waals surface area contributed by atoms with E-state index >= 15 is 4.79 Å². The molecule has 1 aliphatic heterocycles. The van der Waals surface area contributed by atoms with E-state index in [4.69, 9.17) is 33.2 Å². The summed E-state index contributed by atoms with van der Waals surface area (Å²) in [6, 6.07) is 14.4. The molecule has 0 radical (unpaired) electrons. The Morgan fingerprint density at radius 1 is 0.944 bits per heavy atom. The summed E-state index contributed by atoms with van der Waals surface area (Å²) < 4.78 is 43.3. The summed E-state index contributed by atoms with van der Waals surface area (Å²) in [6.45, 7) is 9.50. The van der Waals surface area contributed by atoms with Gasteiger partial charge in [-0.1, -0.05) is 62.4 Å². The van der Waals surface area contributed by atoms with Crippen LogP contribution in [0.4, 0.5) is 10.6 Å². The van der Waals surface area contributed by atoms with Gasteiger partial charge in [0.05, 0.1) is 29.5 Å². The van der Waals surface area contributed by atoms with E-state index in [2.05, 4.69) is 10.3 Å². The molecule has 71 heavy (non-hydrogen) atoms. The quantitative estimate of drug-likeness (QED) is 0.0682. The molecule has 0 spiro atoms. The van der Waals surface area contributed by atoms with Gasteiger partial charge in [0, 0.05) is 46.0 Å². The van der Waals surface area contributed by atoms with Gasteiger partial charge in [-0.05, 0) is 47.6 Å². The van der Waals surface area contributed by atoms with Crippen LogP contribution < -0.4 is 5.32 Å². The number of aliphatic hydroxyl groups is 2. The molecule has 2 bridgehead atoms. The first-order valence-electron chi connectivity index (χ1n) is 22.8. The lowest BCUT2D eigenvalue weighted by Gasteiger charge is -2.67. The smallest absolute Gasteiger partial charge is 0.456 e. The Kier molecular flexibility index (Phi) is 14.3. The summed E-state index contributed by atoms with van der Waals surface area (Å²) in [5.74, 6) is -7.60. The standard InChI is InChI=1S/C49H56N4O18/c1-25-32(68-44(60)38(57)37(51-27(3)54)30-15-11-9-12-16-30)22-49(62)42(70-43(59)31-17-13-10-14-18-31)40-47(8,41(58)39(67-28(4)55)36(25)46(49,6)7)33(21-34-48(40,24-66-34)71-29(5)56)69-45(61)65-20-19-52-26(2)50-23-35(52)53(63)64/h9-18,23,32-34,37-40,42,57,62H,19-22,24H2,1-8H3,(H,51,54)/t32-,33-,34+,37-,38+,39?,40?,42?,47+,48-,49+/m0/s1. The van der Waals surface area contributed by atoms with Crippen molar-refractivity contribution < 1.29 is 81.9 Å². The van der Waals surface area contributed by atoms with E-state index in [1.807, 2.05) is 0 Å². The number of hydrogen-bond acceptors (Lipinski definition) is 19. The minimum absolute atomic E-state index is 0.0101. The van der Waals surface area contributed by atoms with Gasteiger partial charge in [-0.3, -0.25) is 19.2 Å². The summed E-state index contributed by atoms with van der Waals surface area (Å²) in [5.41, 5.74) is -8.23. The van der Waals surface area contributed by atoms with E-state index in [1.165, 1.54) is 58.2 Å². The van der Waals surface area contributed by atoms with Crippen LogP contribution in [0.25, 0.3) is 0 Å². The molecule has 2 heterocycles. The lowest BCUT2D eigenvalue weighted by atomic mass is 9.44. The van der Waals surface area contributed by atoms with E-state index < -0.39 is 137 Å². The van der Waals surface area contributed by atoms with Crippen LogP contribution in [0.5, 0.6) is 0 Å². The summed E-state index contributed by atoms with van der Waals surface area (Å²) in [4.78, 5) is 113. The largest absolute Gasteiger partial charge is 0.508 e. The number of amides is 1. The maximum atomic E-state index is 16.1. The van der Waals surface area contributed by atoms with E-state index in [1.54, 1.807) is 48.5 Å². The number of aryl methyl sites for hydroxylation is 1. The highest BCUT2D eigenvalue weighted by Gasteiger charge is 2.79. The number of ether oxygens (including phenoxy) is 7. The van der Waals surface area contributed by atoms with E-state index in [0.29, 0.717) is 5.56 Å². The zero-order chi connectivity index (χ0) is 52.0. The predicted molar refractivity (Wildman–Crippen MR) is 241 cm³/mol. The summed E-state index contributed by atoms with van der Waals surface area (Å²) >= 11 is 0. The SMILES string of the molecule is CC(=O)N[C@@H](c1ccccc1)[C@@H](O)C(=O)O[C@H]1C[C@@]2(O)C(OC(=O)c3ccccc3)C3[C@](C)(C(=O)C(OC(C)=O)C(=C1C)C2(C)C)[C@@H](OC(=O)OCCn1c([N+](=O)[O-])cnc1C)C[C@H]1OC[C@@]31OC(C)=O. The fourth-order valence-electron chi connectivity index (χ4n) is 11.0. The van der Waals surface area contributed by atoms with Gasteiger partial charge in [-0.2, -0.15) is 0 Å². The molecule has 22 heteroatoms. The zero-order valence-corrected chi connectivity index (χ0v) is 40.3. The monoisotopic (exact) mass is 988 g/mol. The van der Waals surface area contributed by atoms with E-state index in [9.17, 15) is 49.1 Å². The average Bonchev–Trinajstić information content (AvgIpc) is 3.68. The molecule has 1 saturated heterocycles. The van der Waals surface area contributed by atoms with Crippen molar-refractivity contribution in [2.24, 2.45) is 16.7 Å². The number of aromatic nitrogens is 2. The van der Waals surface area contributed by atoms with Crippen molar-refractivity contribution in [3.63, 3.8) is 0 Å². The molecule has 3 fully saturated rings. The second-order valence-electron chi connectivity index (χ2n) is 19.0. The number of fused-ring (bicyclic) bond motifs is 5. The van der Waals surface area contributed by atoms with Crippen molar-refractivity contribution >= 4 is 47.5 Å². The highest BCUT2D eigenvalue weighted by Crippen LogP contribution is 2.65. The van der Waals surface area contributed by atoms with Crippen LogP contribution >= 0.6 is 0 Å². The number of hydrogen-bond donors (Lipinski definition) is 3. The number of carbonyl (C=O) groups excluding carboxylic acids is 7. The molecular weight excluding hydrogens is 933 g/mol. The van der Waals surface area contributed by atoms with Crippen LogP contribution in [0.3, 0.4) is 0 Å². The number of rotatable bonds is 14. The highest BCUT2D eigenvalue weighted by molar-refractivity contribution is 5.96. The van der Waals surface area contributed by atoms with Crippen LogP contribution in [0.15, 0.2) is 78.0 Å². The minimum Gasteiger partial charge on any atom is -0.456 e. The third-order valence-electron chi connectivity index (χ3n) is 14.5. The molecule has 380 valence electrons. The van der Waals surface area contributed by atoms with Crippen LogP contribution in [0, 0.1) is 33.8 Å². The number of aliphatic hydroxyl groups excluding tert-OH is 1. The van der Waals surface area contributed by atoms with Crippen molar-refractivity contribution in [3.05, 3.63) is 105 Å². The number of carbonyl (C=O) groups is 7.